The molecule has 2 rings (SSSR count). The molecule has 0 spiro atoms. The summed E-state index contributed by atoms with van der Waals surface area (Å²) in [6.45, 7) is 6.32. The van der Waals surface area contributed by atoms with E-state index in [-0.39, 0.29) is 30.6 Å². The number of ether oxygens (including phenoxy) is 1. The largest absolute Gasteiger partial charge is 0.474 e. The van der Waals surface area contributed by atoms with Gasteiger partial charge in [-0.3, -0.25) is 4.79 Å². The van der Waals surface area contributed by atoms with Gasteiger partial charge in [-0.15, -0.1) is 0 Å². The summed E-state index contributed by atoms with van der Waals surface area (Å²) >= 11 is 3.33. The minimum Gasteiger partial charge on any atom is -0.474 e. The molecule has 1 amide bonds. The van der Waals surface area contributed by atoms with Crippen LogP contribution in [0.25, 0.3) is 0 Å². The Balaban J connectivity index is 2.47. The summed E-state index contributed by atoms with van der Waals surface area (Å²) < 4.78 is 6.52. The molecule has 0 saturated heterocycles. The van der Waals surface area contributed by atoms with Crippen molar-refractivity contribution in [1.82, 2.24) is 9.88 Å². The molecule has 1 aromatic rings. The first-order valence-corrected chi connectivity index (χ1v) is 7.47. The Bertz CT molecular complexity index is 509. The van der Waals surface area contributed by atoms with E-state index in [9.17, 15) is 9.90 Å². The molecule has 1 N–H and O–H groups in total. The van der Waals surface area contributed by atoms with Crippen LogP contribution >= 0.6 is 15.9 Å². The number of aliphatic hydroxyl groups is 1. The number of halogens is 1. The summed E-state index contributed by atoms with van der Waals surface area (Å²) in [5.74, 6) is 0.355. The van der Waals surface area contributed by atoms with Crippen LogP contribution in [0.15, 0.2) is 16.7 Å². The minimum atomic E-state index is -0.234. The number of carbonyl (C=O) groups excluding carboxylic acids is 1. The summed E-state index contributed by atoms with van der Waals surface area (Å²) in [4.78, 5) is 18.6. The van der Waals surface area contributed by atoms with Gasteiger partial charge in [0.1, 0.15) is 11.7 Å². The Morgan fingerprint density at radius 1 is 1.60 bits per heavy atom. The average Bonchev–Trinajstić information content (AvgIpc) is 2.43. The monoisotopic (exact) mass is 342 g/mol. The highest BCUT2D eigenvalue weighted by Crippen LogP contribution is 2.27. The van der Waals surface area contributed by atoms with Crippen molar-refractivity contribution in [2.24, 2.45) is 5.92 Å². The lowest BCUT2D eigenvalue weighted by Crippen LogP contribution is -2.47. The van der Waals surface area contributed by atoms with Crippen LogP contribution in [-0.2, 0) is 0 Å². The first-order chi connectivity index (χ1) is 9.43. The fourth-order valence-electron chi connectivity index (χ4n) is 2.14. The van der Waals surface area contributed by atoms with E-state index in [1.54, 1.807) is 17.2 Å². The van der Waals surface area contributed by atoms with Crippen molar-refractivity contribution in [3.8, 4) is 5.88 Å². The predicted octanol–water partition coefficient (Wildman–Crippen LogP) is 2.08. The highest BCUT2D eigenvalue weighted by Gasteiger charge is 2.31. The number of rotatable bonds is 2. The SMILES string of the molecule is C[C@@H]1CN([C@H](C)CO)C(=O)c2cc(Br)cnc2O[C@H]1C. The number of hydrogen-bond acceptors (Lipinski definition) is 4. The molecule has 1 aliphatic rings. The van der Waals surface area contributed by atoms with Crippen molar-refractivity contribution in [3.63, 3.8) is 0 Å². The zero-order valence-electron chi connectivity index (χ0n) is 11.8. The van der Waals surface area contributed by atoms with E-state index in [4.69, 9.17) is 4.74 Å². The summed E-state index contributed by atoms with van der Waals surface area (Å²) in [6, 6.07) is 1.48. The molecule has 0 fully saturated rings. The van der Waals surface area contributed by atoms with Crippen LogP contribution in [0.1, 0.15) is 31.1 Å². The molecule has 0 aliphatic carbocycles. The third kappa shape index (κ3) is 2.96. The van der Waals surface area contributed by atoms with Crippen molar-refractivity contribution in [3.05, 3.63) is 22.3 Å². The number of hydrogen-bond donors (Lipinski definition) is 1. The van der Waals surface area contributed by atoms with Crippen LogP contribution in [0.5, 0.6) is 5.88 Å². The number of pyridine rings is 1. The zero-order chi connectivity index (χ0) is 14.9. The van der Waals surface area contributed by atoms with Crippen LogP contribution in [0.4, 0.5) is 0 Å². The molecule has 3 atom stereocenters. The lowest BCUT2D eigenvalue weighted by molar-refractivity contribution is 0.0430. The van der Waals surface area contributed by atoms with Crippen LogP contribution in [0, 0.1) is 5.92 Å². The summed E-state index contributed by atoms with van der Waals surface area (Å²) in [5, 5.41) is 9.37. The van der Waals surface area contributed by atoms with Gasteiger partial charge < -0.3 is 14.7 Å². The van der Waals surface area contributed by atoms with E-state index < -0.39 is 0 Å². The second-order valence-corrected chi connectivity index (χ2v) is 6.21. The number of amides is 1. The van der Waals surface area contributed by atoms with E-state index in [1.807, 2.05) is 20.8 Å². The fraction of sp³-hybridized carbons (Fsp3) is 0.571. The van der Waals surface area contributed by atoms with Crippen molar-refractivity contribution in [1.29, 1.82) is 0 Å². The molecule has 110 valence electrons. The van der Waals surface area contributed by atoms with Crippen molar-refractivity contribution < 1.29 is 14.6 Å². The number of carbonyl (C=O) groups is 1. The van der Waals surface area contributed by atoms with Crippen LogP contribution in [0.2, 0.25) is 0 Å². The Morgan fingerprint density at radius 3 is 2.95 bits per heavy atom. The van der Waals surface area contributed by atoms with Gasteiger partial charge in [-0.2, -0.15) is 0 Å². The number of fused-ring (bicyclic) bond motifs is 1. The molecule has 0 radical (unpaired) electrons. The van der Waals surface area contributed by atoms with Crippen LogP contribution in [0.3, 0.4) is 0 Å². The third-order valence-electron chi connectivity index (χ3n) is 3.69. The van der Waals surface area contributed by atoms with Gasteiger partial charge in [-0.1, -0.05) is 6.92 Å². The lowest BCUT2D eigenvalue weighted by atomic mass is 10.0. The molecule has 0 unspecified atom stereocenters. The normalized spacial score (nSPS) is 24.4. The van der Waals surface area contributed by atoms with E-state index in [1.165, 1.54) is 0 Å². The molecule has 0 aromatic carbocycles. The summed E-state index contributed by atoms with van der Waals surface area (Å²) in [6.07, 6.45) is 1.56. The van der Waals surface area contributed by atoms with E-state index in [0.29, 0.717) is 18.0 Å². The van der Waals surface area contributed by atoms with E-state index in [0.717, 1.165) is 4.47 Å². The lowest BCUT2D eigenvalue weighted by Gasteiger charge is -2.35. The highest BCUT2D eigenvalue weighted by atomic mass is 79.9. The van der Waals surface area contributed by atoms with Gasteiger partial charge in [-0.05, 0) is 35.8 Å². The molecule has 0 bridgehead atoms. The number of aliphatic hydroxyl groups excluding tert-OH is 1. The fourth-order valence-corrected chi connectivity index (χ4v) is 2.47. The molecule has 0 saturated carbocycles. The van der Waals surface area contributed by atoms with E-state index >= 15 is 0 Å². The van der Waals surface area contributed by atoms with Gasteiger partial charge >= 0.3 is 0 Å². The standard InChI is InChI=1S/C14H19BrN2O3/c1-8-6-17(9(2)7-18)14(19)12-4-11(15)5-16-13(12)20-10(8)3/h4-5,8-10,18H,6-7H2,1-3H3/t8-,9-,10+/m1/s1. The maximum absolute atomic E-state index is 12.7. The summed E-state index contributed by atoms with van der Waals surface area (Å²) in [5.41, 5.74) is 0.429. The average molecular weight is 343 g/mol. The molecule has 2 heterocycles. The molecule has 1 aromatic heterocycles. The Morgan fingerprint density at radius 2 is 2.30 bits per heavy atom. The van der Waals surface area contributed by atoms with Gasteiger partial charge in [0.25, 0.3) is 5.91 Å². The Labute approximate surface area is 127 Å². The van der Waals surface area contributed by atoms with Crippen LogP contribution in [-0.4, -0.2) is 46.2 Å². The highest BCUT2D eigenvalue weighted by molar-refractivity contribution is 9.10. The number of nitrogens with zero attached hydrogens (tertiary/aromatic N) is 2. The van der Waals surface area contributed by atoms with Crippen molar-refractivity contribution in [2.75, 3.05) is 13.2 Å². The first-order valence-electron chi connectivity index (χ1n) is 6.68. The van der Waals surface area contributed by atoms with Gasteiger partial charge in [0.2, 0.25) is 5.88 Å². The maximum Gasteiger partial charge on any atom is 0.259 e. The molecule has 20 heavy (non-hydrogen) atoms. The topological polar surface area (TPSA) is 62.7 Å². The second-order valence-electron chi connectivity index (χ2n) is 5.30. The van der Waals surface area contributed by atoms with Gasteiger partial charge in [0.05, 0.1) is 12.6 Å². The molecule has 1 aliphatic heterocycles. The van der Waals surface area contributed by atoms with Gasteiger partial charge in [0, 0.05) is 23.1 Å². The molecule has 5 nitrogen and oxygen atoms in total. The van der Waals surface area contributed by atoms with Gasteiger partial charge in [0.15, 0.2) is 0 Å². The molecule has 6 heteroatoms. The first kappa shape index (κ1) is 15.3. The number of aromatic nitrogens is 1. The Kier molecular flexibility index (Phi) is 4.65. The molecular formula is C14H19BrN2O3. The quantitative estimate of drug-likeness (QED) is 0.893. The third-order valence-corrected chi connectivity index (χ3v) is 4.12. The Hall–Kier alpha value is -1.14. The predicted molar refractivity (Wildman–Crippen MR) is 78.8 cm³/mol. The second kappa shape index (κ2) is 6.10. The molecular weight excluding hydrogens is 324 g/mol. The maximum atomic E-state index is 12.7. The summed E-state index contributed by atoms with van der Waals surface area (Å²) in [7, 11) is 0. The minimum absolute atomic E-state index is 0.0519. The van der Waals surface area contributed by atoms with Crippen LogP contribution < -0.4 is 4.74 Å². The van der Waals surface area contributed by atoms with Gasteiger partial charge in [-0.25, -0.2) is 4.98 Å². The smallest absolute Gasteiger partial charge is 0.259 e. The van der Waals surface area contributed by atoms with Crippen molar-refractivity contribution >= 4 is 21.8 Å². The van der Waals surface area contributed by atoms with E-state index in [2.05, 4.69) is 20.9 Å². The zero-order valence-corrected chi connectivity index (χ0v) is 13.4. The van der Waals surface area contributed by atoms with Crippen molar-refractivity contribution in [2.45, 2.75) is 32.9 Å².